The lowest BCUT2D eigenvalue weighted by Gasteiger charge is -2.14. The van der Waals surface area contributed by atoms with Crippen LogP contribution in [0.3, 0.4) is 0 Å². The molecule has 78 valence electrons. The van der Waals surface area contributed by atoms with Gasteiger partial charge in [-0.05, 0) is 13.3 Å². The molecule has 1 aliphatic rings. The Morgan fingerprint density at radius 2 is 2.57 bits per heavy atom. The van der Waals surface area contributed by atoms with Gasteiger partial charge in [-0.3, -0.25) is 0 Å². The summed E-state index contributed by atoms with van der Waals surface area (Å²) >= 11 is 0. The molecule has 0 saturated carbocycles. The predicted octanol–water partition coefficient (Wildman–Crippen LogP) is 1.26. The number of hydrogen-bond donors (Lipinski definition) is 1. The summed E-state index contributed by atoms with van der Waals surface area (Å²) in [5.74, 6) is 1.55. The lowest BCUT2D eigenvalue weighted by atomic mass is 10.0. The maximum atomic E-state index is 5.50. The molecule has 1 aromatic rings. The van der Waals surface area contributed by atoms with Crippen molar-refractivity contribution < 1.29 is 4.74 Å². The van der Waals surface area contributed by atoms with E-state index in [0.29, 0.717) is 12.0 Å². The molecular formula is C10H17N3O. The van der Waals surface area contributed by atoms with Crippen molar-refractivity contribution in [3.8, 4) is 0 Å². The minimum absolute atomic E-state index is 0.378. The van der Waals surface area contributed by atoms with Crippen LogP contribution >= 0.6 is 0 Å². The minimum atomic E-state index is 0.378. The van der Waals surface area contributed by atoms with Gasteiger partial charge in [0.25, 0.3) is 0 Å². The average Bonchev–Trinajstić information content (AvgIpc) is 2.72. The summed E-state index contributed by atoms with van der Waals surface area (Å²) in [7, 11) is 1.99. The lowest BCUT2D eigenvalue weighted by Crippen LogP contribution is -2.21. The molecule has 1 aromatic heterocycles. The molecule has 0 amide bonds. The molecule has 0 aromatic carbocycles. The molecule has 0 spiro atoms. The maximum absolute atomic E-state index is 5.50. The predicted molar refractivity (Wildman–Crippen MR) is 55.2 cm³/mol. The van der Waals surface area contributed by atoms with Crippen LogP contribution in [0.4, 0.5) is 5.95 Å². The standard InChI is InChI=1S/C10H17N3O/c1-8-9(3-6-14-8)7-12-10-11-4-5-13(10)2/h4-5,8-9H,3,6-7H2,1-2H3,(H,11,12). The van der Waals surface area contributed by atoms with Crippen LogP contribution in [0.2, 0.25) is 0 Å². The molecule has 4 heteroatoms. The van der Waals surface area contributed by atoms with E-state index < -0.39 is 0 Å². The van der Waals surface area contributed by atoms with Gasteiger partial charge in [0.2, 0.25) is 5.95 Å². The summed E-state index contributed by atoms with van der Waals surface area (Å²) in [5, 5.41) is 3.34. The molecule has 14 heavy (non-hydrogen) atoms. The van der Waals surface area contributed by atoms with Crippen LogP contribution in [0.25, 0.3) is 0 Å². The molecule has 1 fully saturated rings. The van der Waals surface area contributed by atoms with E-state index in [1.807, 2.05) is 17.8 Å². The summed E-state index contributed by atoms with van der Waals surface area (Å²) in [4.78, 5) is 4.21. The number of rotatable bonds is 3. The third kappa shape index (κ3) is 1.90. The first-order valence-electron chi connectivity index (χ1n) is 5.10. The van der Waals surface area contributed by atoms with Crippen LogP contribution in [-0.4, -0.2) is 28.8 Å². The Kier molecular flexibility index (Phi) is 2.72. The smallest absolute Gasteiger partial charge is 0.202 e. The van der Waals surface area contributed by atoms with Crippen LogP contribution in [0.5, 0.6) is 0 Å². The van der Waals surface area contributed by atoms with E-state index in [1.165, 1.54) is 0 Å². The van der Waals surface area contributed by atoms with Crippen LogP contribution in [0.15, 0.2) is 12.4 Å². The number of nitrogens with one attached hydrogen (secondary N) is 1. The van der Waals surface area contributed by atoms with Crippen molar-refractivity contribution in [2.45, 2.75) is 19.4 Å². The Balaban J connectivity index is 1.85. The second-order valence-electron chi connectivity index (χ2n) is 3.87. The highest BCUT2D eigenvalue weighted by Crippen LogP contribution is 2.20. The van der Waals surface area contributed by atoms with Crippen molar-refractivity contribution in [1.82, 2.24) is 9.55 Å². The number of hydrogen-bond acceptors (Lipinski definition) is 3. The molecule has 0 radical (unpaired) electrons. The number of aryl methyl sites for hydroxylation is 1. The highest BCUT2D eigenvalue weighted by Gasteiger charge is 2.23. The van der Waals surface area contributed by atoms with Gasteiger partial charge in [-0.2, -0.15) is 0 Å². The normalized spacial score (nSPS) is 26.7. The van der Waals surface area contributed by atoms with Crippen molar-refractivity contribution in [1.29, 1.82) is 0 Å². The van der Waals surface area contributed by atoms with E-state index in [0.717, 1.165) is 25.5 Å². The Labute approximate surface area is 84.3 Å². The first kappa shape index (κ1) is 9.52. The van der Waals surface area contributed by atoms with Gasteiger partial charge in [-0.1, -0.05) is 0 Å². The number of imidazole rings is 1. The van der Waals surface area contributed by atoms with E-state index in [1.54, 1.807) is 6.20 Å². The van der Waals surface area contributed by atoms with Gasteiger partial charge in [0.15, 0.2) is 0 Å². The Morgan fingerprint density at radius 1 is 1.71 bits per heavy atom. The van der Waals surface area contributed by atoms with Crippen molar-refractivity contribution >= 4 is 5.95 Å². The van der Waals surface area contributed by atoms with E-state index in [9.17, 15) is 0 Å². The summed E-state index contributed by atoms with van der Waals surface area (Å²) in [6.07, 6.45) is 5.27. The SMILES string of the molecule is CC1OCCC1CNc1nccn1C. The first-order valence-corrected chi connectivity index (χ1v) is 5.10. The zero-order valence-electron chi connectivity index (χ0n) is 8.73. The largest absolute Gasteiger partial charge is 0.378 e. The molecule has 2 atom stereocenters. The topological polar surface area (TPSA) is 39.1 Å². The Hall–Kier alpha value is -1.03. The molecule has 1 saturated heterocycles. The van der Waals surface area contributed by atoms with E-state index >= 15 is 0 Å². The quantitative estimate of drug-likeness (QED) is 0.789. The zero-order chi connectivity index (χ0) is 9.97. The van der Waals surface area contributed by atoms with Gasteiger partial charge >= 0.3 is 0 Å². The third-order valence-corrected chi connectivity index (χ3v) is 2.88. The van der Waals surface area contributed by atoms with Gasteiger partial charge in [0.1, 0.15) is 0 Å². The molecule has 1 N–H and O–H groups in total. The number of aromatic nitrogens is 2. The van der Waals surface area contributed by atoms with Gasteiger partial charge in [-0.15, -0.1) is 0 Å². The fourth-order valence-corrected chi connectivity index (χ4v) is 1.80. The van der Waals surface area contributed by atoms with Gasteiger partial charge in [-0.25, -0.2) is 4.98 Å². The highest BCUT2D eigenvalue weighted by atomic mass is 16.5. The van der Waals surface area contributed by atoms with Gasteiger partial charge in [0, 0.05) is 38.5 Å². The molecule has 2 rings (SSSR count). The van der Waals surface area contributed by atoms with Crippen molar-refractivity contribution in [2.24, 2.45) is 13.0 Å². The second kappa shape index (κ2) is 4.00. The summed E-state index contributed by atoms with van der Waals surface area (Å²) in [6.45, 7) is 3.98. The van der Waals surface area contributed by atoms with E-state index in [-0.39, 0.29) is 0 Å². The van der Waals surface area contributed by atoms with Gasteiger partial charge in [0.05, 0.1) is 6.10 Å². The Bertz CT molecular complexity index is 297. The van der Waals surface area contributed by atoms with Crippen molar-refractivity contribution in [3.05, 3.63) is 12.4 Å². The maximum Gasteiger partial charge on any atom is 0.202 e. The van der Waals surface area contributed by atoms with Crippen LogP contribution in [0, 0.1) is 5.92 Å². The van der Waals surface area contributed by atoms with Crippen molar-refractivity contribution in [3.63, 3.8) is 0 Å². The summed E-state index contributed by atoms with van der Waals surface area (Å²) < 4.78 is 7.48. The van der Waals surface area contributed by atoms with E-state index in [4.69, 9.17) is 4.74 Å². The van der Waals surface area contributed by atoms with E-state index in [2.05, 4.69) is 17.2 Å². The summed E-state index contributed by atoms with van der Waals surface area (Å²) in [6, 6.07) is 0. The van der Waals surface area contributed by atoms with Crippen LogP contribution in [-0.2, 0) is 11.8 Å². The summed E-state index contributed by atoms with van der Waals surface area (Å²) in [5.41, 5.74) is 0. The fourth-order valence-electron chi connectivity index (χ4n) is 1.80. The Morgan fingerprint density at radius 3 is 3.14 bits per heavy atom. The molecule has 2 heterocycles. The molecule has 1 aliphatic heterocycles. The number of ether oxygens (including phenoxy) is 1. The zero-order valence-corrected chi connectivity index (χ0v) is 8.73. The molecule has 0 bridgehead atoms. The molecular weight excluding hydrogens is 178 g/mol. The first-order chi connectivity index (χ1) is 6.77. The number of nitrogens with zero attached hydrogens (tertiary/aromatic N) is 2. The van der Waals surface area contributed by atoms with Gasteiger partial charge < -0.3 is 14.6 Å². The average molecular weight is 195 g/mol. The third-order valence-electron chi connectivity index (χ3n) is 2.88. The minimum Gasteiger partial charge on any atom is -0.378 e. The second-order valence-corrected chi connectivity index (χ2v) is 3.87. The highest BCUT2D eigenvalue weighted by molar-refractivity contribution is 5.25. The molecule has 2 unspecified atom stereocenters. The van der Waals surface area contributed by atoms with Crippen molar-refractivity contribution in [2.75, 3.05) is 18.5 Å². The molecule has 4 nitrogen and oxygen atoms in total. The lowest BCUT2D eigenvalue weighted by molar-refractivity contribution is 0.108. The molecule has 0 aliphatic carbocycles. The fraction of sp³-hybridized carbons (Fsp3) is 0.700. The monoisotopic (exact) mass is 195 g/mol. The number of anilines is 1. The van der Waals surface area contributed by atoms with Crippen LogP contribution in [0.1, 0.15) is 13.3 Å². The van der Waals surface area contributed by atoms with Crippen LogP contribution < -0.4 is 5.32 Å².